The molecule has 0 unspecified atom stereocenters. The Morgan fingerprint density at radius 3 is 2.48 bits per heavy atom. The Kier molecular flexibility index (Phi) is 8.13. The first-order valence-electron chi connectivity index (χ1n) is 9.32. The maximum absolute atomic E-state index is 12.1. The number of pyridine rings is 1. The van der Waals surface area contributed by atoms with Crippen LogP contribution in [0.4, 0.5) is 5.82 Å². The minimum atomic E-state index is -0.573. The molecule has 0 aliphatic rings. The second kappa shape index (κ2) is 10.8. The Morgan fingerprint density at radius 1 is 1.14 bits per heavy atom. The van der Waals surface area contributed by atoms with E-state index in [1.54, 1.807) is 12.1 Å². The highest BCUT2D eigenvalue weighted by Gasteiger charge is 2.12. The van der Waals surface area contributed by atoms with Crippen LogP contribution in [0, 0.1) is 0 Å². The zero-order valence-corrected chi connectivity index (χ0v) is 16.4. The molecule has 156 valence electrons. The third kappa shape index (κ3) is 7.24. The first-order valence-corrected chi connectivity index (χ1v) is 9.32. The van der Waals surface area contributed by atoms with Crippen LogP contribution in [0.3, 0.4) is 0 Å². The molecule has 10 nitrogen and oxygen atoms in total. The number of hydrogen-bond donors (Lipinski definition) is 3. The van der Waals surface area contributed by atoms with Gasteiger partial charge in [0.2, 0.25) is 11.8 Å². The predicted molar refractivity (Wildman–Crippen MR) is 104 cm³/mol. The van der Waals surface area contributed by atoms with E-state index in [4.69, 9.17) is 4.84 Å². The third-order valence-corrected chi connectivity index (χ3v) is 3.74. The van der Waals surface area contributed by atoms with Crippen molar-refractivity contribution in [2.75, 3.05) is 6.54 Å². The molecular formula is C19H25N5O5. The standard InChI is InChI=1S/C19H25N5O5/c1-13(2)22-23-15-8-7-14(12-21-15)19(28)20-11-5-3-4-6-18(27)29-24-16(25)9-10-17(24)26/h7-10,12-13,25-26H,3-6,11H2,1-2H3,(H,20,28). The molecule has 1 amide bonds. The van der Waals surface area contributed by atoms with E-state index in [9.17, 15) is 19.8 Å². The van der Waals surface area contributed by atoms with Crippen LogP contribution in [0.2, 0.25) is 0 Å². The summed E-state index contributed by atoms with van der Waals surface area (Å²) in [5.74, 6) is -1.07. The number of hydrogen-bond acceptors (Lipinski definition) is 8. The Balaban J connectivity index is 1.62. The molecule has 0 radical (unpaired) electrons. The van der Waals surface area contributed by atoms with Crippen LogP contribution in [0.1, 0.15) is 49.9 Å². The fourth-order valence-electron chi connectivity index (χ4n) is 2.27. The van der Waals surface area contributed by atoms with Gasteiger partial charge >= 0.3 is 5.97 Å². The second-order valence-electron chi connectivity index (χ2n) is 6.59. The van der Waals surface area contributed by atoms with E-state index in [0.29, 0.717) is 41.9 Å². The monoisotopic (exact) mass is 403 g/mol. The molecule has 2 rings (SSSR count). The highest BCUT2D eigenvalue weighted by atomic mass is 16.7. The van der Waals surface area contributed by atoms with Crippen LogP contribution >= 0.6 is 0 Å². The molecule has 2 aromatic rings. The van der Waals surface area contributed by atoms with Crippen molar-refractivity contribution in [3.8, 4) is 11.8 Å². The van der Waals surface area contributed by atoms with E-state index in [2.05, 4.69) is 20.5 Å². The van der Waals surface area contributed by atoms with Gasteiger partial charge in [-0.1, -0.05) is 6.42 Å². The quantitative estimate of drug-likeness (QED) is 0.412. The molecule has 29 heavy (non-hydrogen) atoms. The van der Waals surface area contributed by atoms with E-state index in [0.717, 1.165) is 0 Å². The molecular weight excluding hydrogens is 378 g/mol. The minimum Gasteiger partial charge on any atom is -0.492 e. The van der Waals surface area contributed by atoms with Gasteiger partial charge in [0.05, 0.1) is 11.6 Å². The highest BCUT2D eigenvalue weighted by molar-refractivity contribution is 5.93. The van der Waals surface area contributed by atoms with Gasteiger partial charge in [0.1, 0.15) is 0 Å². The summed E-state index contributed by atoms with van der Waals surface area (Å²) in [5, 5.41) is 29.6. The number of carbonyl (C=O) groups excluding carboxylic acids is 2. The zero-order valence-electron chi connectivity index (χ0n) is 16.4. The predicted octanol–water partition coefficient (Wildman–Crippen LogP) is 2.73. The molecule has 0 aliphatic heterocycles. The summed E-state index contributed by atoms with van der Waals surface area (Å²) < 4.78 is 0.659. The van der Waals surface area contributed by atoms with E-state index < -0.39 is 5.97 Å². The smallest absolute Gasteiger partial charge is 0.333 e. The van der Waals surface area contributed by atoms with Crippen LogP contribution < -0.4 is 10.2 Å². The molecule has 0 bridgehead atoms. The maximum atomic E-state index is 12.1. The van der Waals surface area contributed by atoms with E-state index >= 15 is 0 Å². The summed E-state index contributed by atoms with van der Waals surface area (Å²) in [5.41, 5.74) is 0.434. The summed E-state index contributed by atoms with van der Waals surface area (Å²) in [6, 6.07) is 5.77. The largest absolute Gasteiger partial charge is 0.492 e. The summed E-state index contributed by atoms with van der Waals surface area (Å²) in [4.78, 5) is 32.7. The van der Waals surface area contributed by atoms with Gasteiger partial charge in [-0.25, -0.2) is 9.78 Å². The normalized spacial score (nSPS) is 11.1. The van der Waals surface area contributed by atoms with Gasteiger partial charge in [0.25, 0.3) is 5.91 Å². The van der Waals surface area contributed by atoms with Crippen LogP contribution in [0.5, 0.6) is 11.8 Å². The van der Waals surface area contributed by atoms with Gasteiger partial charge in [-0.3, -0.25) is 4.79 Å². The Labute approximate surface area is 168 Å². The van der Waals surface area contributed by atoms with Gasteiger partial charge in [0.15, 0.2) is 5.82 Å². The second-order valence-corrected chi connectivity index (χ2v) is 6.59. The SMILES string of the molecule is CC(C)N=Nc1ccc(C(=O)NCCCCCC(=O)On2c(O)ccc2O)cn1. The van der Waals surface area contributed by atoms with Crippen molar-refractivity contribution in [3.63, 3.8) is 0 Å². The first-order chi connectivity index (χ1) is 13.9. The number of amides is 1. The lowest BCUT2D eigenvalue weighted by Crippen LogP contribution is -2.24. The maximum Gasteiger partial charge on any atom is 0.333 e. The number of unbranched alkanes of at least 4 members (excludes halogenated alkanes) is 2. The molecule has 2 aromatic heterocycles. The number of aromatic hydroxyl groups is 2. The number of azo groups is 1. The molecule has 0 aliphatic carbocycles. The van der Waals surface area contributed by atoms with Crippen molar-refractivity contribution in [2.24, 2.45) is 10.2 Å². The van der Waals surface area contributed by atoms with Gasteiger partial charge in [-0.15, -0.1) is 9.84 Å². The van der Waals surface area contributed by atoms with Gasteiger partial charge in [-0.05, 0) is 38.8 Å². The molecule has 0 fully saturated rings. The molecule has 0 aromatic carbocycles. The highest BCUT2D eigenvalue weighted by Crippen LogP contribution is 2.19. The van der Waals surface area contributed by atoms with Crippen molar-refractivity contribution in [1.82, 2.24) is 15.0 Å². The van der Waals surface area contributed by atoms with E-state index in [-0.39, 0.29) is 30.1 Å². The number of aromatic nitrogens is 2. The van der Waals surface area contributed by atoms with E-state index in [1.807, 2.05) is 13.8 Å². The summed E-state index contributed by atoms with van der Waals surface area (Å²) >= 11 is 0. The van der Waals surface area contributed by atoms with Crippen LogP contribution in [0.25, 0.3) is 0 Å². The number of nitrogens with one attached hydrogen (secondary N) is 1. The topological polar surface area (TPSA) is 138 Å². The number of nitrogens with zero attached hydrogens (tertiary/aromatic N) is 4. The fraction of sp³-hybridized carbons (Fsp3) is 0.421. The van der Waals surface area contributed by atoms with Gasteiger partial charge in [-0.2, -0.15) is 5.11 Å². The van der Waals surface area contributed by atoms with Crippen molar-refractivity contribution in [3.05, 3.63) is 36.0 Å². The first kappa shape index (κ1) is 21.9. The van der Waals surface area contributed by atoms with Gasteiger partial charge < -0.3 is 20.4 Å². The number of rotatable bonds is 10. The summed E-state index contributed by atoms with van der Waals surface area (Å²) in [6.07, 6.45) is 3.51. The Bertz CT molecular complexity index is 826. The van der Waals surface area contributed by atoms with E-state index in [1.165, 1.54) is 18.3 Å². The summed E-state index contributed by atoms with van der Waals surface area (Å²) in [7, 11) is 0. The van der Waals surface area contributed by atoms with Crippen LogP contribution in [-0.2, 0) is 4.79 Å². The molecule has 0 saturated carbocycles. The molecule has 3 N–H and O–H groups in total. The van der Waals surface area contributed by atoms with Gasteiger partial charge in [0, 0.05) is 31.3 Å². The fourth-order valence-corrected chi connectivity index (χ4v) is 2.27. The van der Waals surface area contributed by atoms with Crippen LogP contribution in [0.15, 0.2) is 40.7 Å². The lowest BCUT2D eigenvalue weighted by Gasteiger charge is -2.07. The average Bonchev–Trinajstić information content (AvgIpc) is 3.01. The average molecular weight is 403 g/mol. The lowest BCUT2D eigenvalue weighted by molar-refractivity contribution is -0.145. The number of carbonyl (C=O) groups is 2. The van der Waals surface area contributed by atoms with Crippen molar-refractivity contribution in [1.29, 1.82) is 0 Å². The van der Waals surface area contributed by atoms with Crippen molar-refractivity contribution >= 4 is 17.7 Å². The lowest BCUT2D eigenvalue weighted by atomic mass is 10.2. The molecule has 10 heteroatoms. The Hall–Kier alpha value is -3.43. The molecule has 2 heterocycles. The minimum absolute atomic E-state index is 0.0785. The molecule has 0 saturated heterocycles. The molecule has 0 atom stereocenters. The zero-order chi connectivity index (χ0) is 21.2. The van der Waals surface area contributed by atoms with Crippen LogP contribution in [-0.4, -0.2) is 44.4 Å². The van der Waals surface area contributed by atoms with Crippen molar-refractivity contribution < 1.29 is 24.6 Å². The molecule has 0 spiro atoms. The third-order valence-electron chi connectivity index (χ3n) is 3.74. The Morgan fingerprint density at radius 2 is 1.86 bits per heavy atom. The van der Waals surface area contributed by atoms with Crippen molar-refractivity contribution in [2.45, 2.75) is 45.6 Å². The summed E-state index contributed by atoms with van der Waals surface area (Å²) in [6.45, 7) is 4.28.